The number of hydrogen-bond acceptors (Lipinski definition) is 4. The Morgan fingerprint density at radius 2 is 2.42 bits per heavy atom. The number of thiophene rings is 1. The molecule has 0 bridgehead atoms. The summed E-state index contributed by atoms with van der Waals surface area (Å²) in [7, 11) is 0. The first-order valence-corrected chi connectivity index (χ1v) is 7.09. The van der Waals surface area contributed by atoms with E-state index in [1.54, 1.807) is 10.7 Å². The van der Waals surface area contributed by atoms with Crippen molar-refractivity contribution in [3.05, 3.63) is 39.8 Å². The van der Waals surface area contributed by atoms with E-state index in [-0.39, 0.29) is 12.5 Å². The molecule has 0 spiro atoms. The van der Waals surface area contributed by atoms with Crippen LogP contribution in [0.5, 0.6) is 0 Å². The zero-order valence-electron chi connectivity index (χ0n) is 11.0. The van der Waals surface area contributed by atoms with Gasteiger partial charge in [0.25, 0.3) is 5.91 Å². The Balaban J connectivity index is 1.97. The molecule has 0 saturated heterocycles. The van der Waals surface area contributed by atoms with Crippen LogP contribution < -0.4 is 5.32 Å². The van der Waals surface area contributed by atoms with Gasteiger partial charge in [-0.1, -0.05) is 0 Å². The molecule has 0 aliphatic rings. The zero-order chi connectivity index (χ0) is 13.8. The van der Waals surface area contributed by atoms with Crippen molar-refractivity contribution >= 4 is 17.2 Å². The van der Waals surface area contributed by atoms with Crippen LogP contribution in [0, 0.1) is 6.92 Å². The molecule has 19 heavy (non-hydrogen) atoms. The van der Waals surface area contributed by atoms with E-state index in [2.05, 4.69) is 10.4 Å². The lowest BCUT2D eigenvalue weighted by Gasteiger charge is -2.11. The van der Waals surface area contributed by atoms with Crippen LogP contribution in [0.1, 0.15) is 34.8 Å². The zero-order valence-corrected chi connectivity index (χ0v) is 11.8. The first kappa shape index (κ1) is 13.8. The van der Waals surface area contributed by atoms with E-state index in [1.807, 2.05) is 30.7 Å². The number of nitrogens with zero attached hydrogens (tertiary/aromatic N) is 2. The van der Waals surface area contributed by atoms with Crippen LogP contribution in [0.15, 0.2) is 22.9 Å². The largest absolute Gasteiger partial charge is 0.387 e. The molecule has 0 aliphatic carbocycles. The topological polar surface area (TPSA) is 67.2 Å². The summed E-state index contributed by atoms with van der Waals surface area (Å²) in [6, 6.07) is 3.59. The number of nitrogens with one attached hydrogen (secondary N) is 1. The van der Waals surface area contributed by atoms with Gasteiger partial charge in [-0.3, -0.25) is 9.48 Å². The maximum Gasteiger partial charge on any atom is 0.269 e. The van der Waals surface area contributed by atoms with Crippen molar-refractivity contribution in [1.82, 2.24) is 15.1 Å². The molecule has 2 aromatic heterocycles. The number of carbonyl (C=O) groups is 1. The number of aryl methyl sites for hydroxylation is 2. The highest BCUT2D eigenvalue weighted by atomic mass is 32.1. The lowest BCUT2D eigenvalue weighted by Crippen LogP contribution is -2.30. The van der Waals surface area contributed by atoms with E-state index >= 15 is 0 Å². The summed E-state index contributed by atoms with van der Waals surface area (Å²) < 4.78 is 1.65. The number of carbonyl (C=O) groups excluding carboxylic acids is 1. The van der Waals surface area contributed by atoms with Crippen LogP contribution in [-0.2, 0) is 6.54 Å². The number of amides is 1. The lowest BCUT2D eigenvalue weighted by molar-refractivity contribution is 0.0906. The van der Waals surface area contributed by atoms with Crippen LogP contribution in [0.2, 0.25) is 0 Å². The fraction of sp³-hybridized carbons (Fsp3) is 0.385. The predicted octanol–water partition coefficient (Wildman–Crippen LogP) is 1.74. The molecule has 6 heteroatoms. The highest BCUT2D eigenvalue weighted by Gasteiger charge is 2.15. The molecule has 0 saturated carbocycles. The lowest BCUT2D eigenvalue weighted by atomic mass is 10.2. The summed E-state index contributed by atoms with van der Waals surface area (Å²) in [5.74, 6) is -0.211. The van der Waals surface area contributed by atoms with Gasteiger partial charge >= 0.3 is 0 Å². The van der Waals surface area contributed by atoms with Gasteiger partial charge < -0.3 is 10.4 Å². The minimum Gasteiger partial charge on any atom is -0.387 e. The fourth-order valence-electron chi connectivity index (χ4n) is 1.83. The van der Waals surface area contributed by atoms with Gasteiger partial charge in [-0.2, -0.15) is 16.4 Å². The van der Waals surface area contributed by atoms with Crippen molar-refractivity contribution < 1.29 is 9.90 Å². The Morgan fingerprint density at radius 1 is 1.63 bits per heavy atom. The molecule has 5 nitrogen and oxygen atoms in total. The maximum atomic E-state index is 12.0. The van der Waals surface area contributed by atoms with Gasteiger partial charge in [-0.05, 0) is 42.3 Å². The van der Waals surface area contributed by atoms with Crippen molar-refractivity contribution in [2.24, 2.45) is 0 Å². The van der Waals surface area contributed by atoms with E-state index in [0.29, 0.717) is 12.2 Å². The average Bonchev–Trinajstić information content (AvgIpc) is 3.04. The molecule has 1 unspecified atom stereocenters. The summed E-state index contributed by atoms with van der Waals surface area (Å²) in [6.45, 7) is 4.62. The number of hydrogen-bond donors (Lipinski definition) is 2. The van der Waals surface area contributed by atoms with Gasteiger partial charge in [0.05, 0.1) is 11.8 Å². The van der Waals surface area contributed by atoms with Crippen molar-refractivity contribution in [1.29, 1.82) is 0 Å². The molecule has 102 valence electrons. The van der Waals surface area contributed by atoms with Gasteiger partial charge in [-0.25, -0.2) is 0 Å². The Hall–Kier alpha value is -1.66. The van der Waals surface area contributed by atoms with E-state index < -0.39 is 6.10 Å². The summed E-state index contributed by atoms with van der Waals surface area (Å²) in [5, 5.41) is 20.6. The summed E-state index contributed by atoms with van der Waals surface area (Å²) in [4.78, 5) is 12.0. The fourth-order valence-corrected chi connectivity index (χ4v) is 2.54. The molecule has 2 heterocycles. The van der Waals surface area contributed by atoms with E-state index in [9.17, 15) is 9.90 Å². The Kier molecular flexibility index (Phi) is 4.34. The number of rotatable bonds is 5. The van der Waals surface area contributed by atoms with Crippen LogP contribution in [-0.4, -0.2) is 27.3 Å². The molecule has 2 aromatic rings. The van der Waals surface area contributed by atoms with Gasteiger partial charge in [0.2, 0.25) is 0 Å². The normalized spacial score (nSPS) is 12.4. The second kappa shape index (κ2) is 5.99. The van der Waals surface area contributed by atoms with Crippen LogP contribution in [0.4, 0.5) is 0 Å². The van der Waals surface area contributed by atoms with E-state index in [4.69, 9.17) is 0 Å². The van der Waals surface area contributed by atoms with Crippen LogP contribution in [0.25, 0.3) is 0 Å². The van der Waals surface area contributed by atoms with Gasteiger partial charge in [0, 0.05) is 13.1 Å². The van der Waals surface area contributed by atoms with Gasteiger partial charge in [-0.15, -0.1) is 0 Å². The summed E-state index contributed by atoms with van der Waals surface area (Å²) in [5.41, 5.74) is 2.16. The number of aromatic nitrogens is 2. The van der Waals surface area contributed by atoms with Crippen LogP contribution in [0.3, 0.4) is 0 Å². The van der Waals surface area contributed by atoms with Crippen molar-refractivity contribution in [2.45, 2.75) is 26.5 Å². The first-order chi connectivity index (χ1) is 9.11. The van der Waals surface area contributed by atoms with E-state index in [1.165, 1.54) is 11.3 Å². The third-order valence-corrected chi connectivity index (χ3v) is 3.52. The van der Waals surface area contributed by atoms with Crippen LogP contribution >= 0.6 is 11.3 Å². The molecule has 0 aromatic carbocycles. The van der Waals surface area contributed by atoms with Crippen molar-refractivity contribution in [3.8, 4) is 0 Å². The molecule has 0 radical (unpaired) electrons. The molecule has 0 aliphatic heterocycles. The van der Waals surface area contributed by atoms with Gasteiger partial charge in [0.1, 0.15) is 5.69 Å². The van der Waals surface area contributed by atoms with Crippen molar-refractivity contribution in [3.63, 3.8) is 0 Å². The Bertz CT molecular complexity index is 548. The molecular weight excluding hydrogens is 262 g/mol. The molecule has 2 N–H and O–H groups in total. The minimum absolute atomic E-state index is 0.198. The quantitative estimate of drug-likeness (QED) is 0.876. The Labute approximate surface area is 115 Å². The maximum absolute atomic E-state index is 12.0. The molecule has 1 atom stereocenters. The first-order valence-electron chi connectivity index (χ1n) is 6.14. The standard InChI is InChI=1S/C13H17N3O2S/c1-3-16-11(6-9(2)15-16)13(18)14-7-12(17)10-4-5-19-8-10/h4-6,8,12,17H,3,7H2,1-2H3,(H,14,18). The molecule has 1 amide bonds. The monoisotopic (exact) mass is 279 g/mol. The van der Waals surface area contributed by atoms with Crippen molar-refractivity contribution in [2.75, 3.05) is 6.54 Å². The SMILES string of the molecule is CCn1nc(C)cc1C(=O)NCC(O)c1ccsc1. The smallest absolute Gasteiger partial charge is 0.269 e. The number of aliphatic hydroxyl groups is 1. The molecular formula is C13H17N3O2S. The Morgan fingerprint density at radius 3 is 3.05 bits per heavy atom. The second-order valence-corrected chi connectivity index (χ2v) is 5.05. The molecule has 0 fully saturated rings. The third-order valence-electron chi connectivity index (χ3n) is 2.82. The highest BCUT2D eigenvalue weighted by Crippen LogP contribution is 2.15. The van der Waals surface area contributed by atoms with E-state index in [0.717, 1.165) is 11.3 Å². The third kappa shape index (κ3) is 3.21. The second-order valence-electron chi connectivity index (χ2n) is 4.27. The number of aliphatic hydroxyl groups excluding tert-OH is 1. The summed E-state index contributed by atoms with van der Waals surface area (Å²) in [6.07, 6.45) is -0.672. The average molecular weight is 279 g/mol. The molecule has 2 rings (SSSR count). The summed E-state index contributed by atoms with van der Waals surface area (Å²) >= 11 is 1.52. The van der Waals surface area contributed by atoms with Gasteiger partial charge in [0.15, 0.2) is 0 Å². The highest BCUT2D eigenvalue weighted by molar-refractivity contribution is 7.07. The predicted molar refractivity (Wildman–Crippen MR) is 74.3 cm³/mol. The minimum atomic E-state index is -0.672.